The number of piperidine rings is 1. The number of carbonyl (C=O) groups excluding carboxylic acids is 1. The third-order valence-electron chi connectivity index (χ3n) is 5.20. The number of likely N-dealkylation sites (tertiary alicyclic amines) is 1. The van der Waals surface area contributed by atoms with Crippen LogP contribution in [0.3, 0.4) is 0 Å². The van der Waals surface area contributed by atoms with Gasteiger partial charge in [-0.1, -0.05) is 37.6 Å². The topological polar surface area (TPSA) is 58.4 Å². The smallest absolute Gasteiger partial charge is 0.227 e. The number of nitrogens with zero attached hydrogens (tertiary/aromatic N) is 3. The van der Waals surface area contributed by atoms with Crippen molar-refractivity contribution in [2.24, 2.45) is 0 Å². The van der Waals surface area contributed by atoms with Crippen LogP contribution in [-0.2, 0) is 24.4 Å². The van der Waals surface area contributed by atoms with Crippen LogP contribution < -0.4 is 0 Å². The summed E-state index contributed by atoms with van der Waals surface area (Å²) in [6.07, 6.45) is 8.81. The van der Waals surface area contributed by atoms with Gasteiger partial charge in [0.25, 0.3) is 0 Å². The van der Waals surface area contributed by atoms with E-state index >= 15 is 0 Å². The van der Waals surface area contributed by atoms with Crippen LogP contribution in [0.4, 0.5) is 0 Å². The molecule has 1 aliphatic rings. The molecule has 1 N–H and O–H groups in total. The maximum Gasteiger partial charge on any atom is 0.227 e. The van der Waals surface area contributed by atoms with E-state index in [0.717, 1.165) is 55.8 Å². The molecule has 1 aromatic heterocycles. The zero-order valence-corrected chi connectivity index (χ0v) is 15.6. The third-order valence-corrected chi connectivity index (χ3v) is 5.20. The van der Waals surface area contributed by atoms with E-state index in [1.165, 1.54) is 6.42 Å². The van der Waals surface area contributed by atoms with Gasteiger partial charge in [-0.3, -0.25) is 4.79 Å². The summed E-state index contributed by atoms with van der Waals surface area (Å²) in [6, 6.07) is 7.63. The maximum absolute atomic E-state index is 12.7. The molecule has 140 valence electrons. The van der Waals surface area contributed by atoms with Gasteiger partial charge in [-0.05, 0) is 30.4 Å². The van der Waals surface area contributed by atoms with E-state index in [4.69, 9.17) is 5.11 Å². The fourth-order valence-corrected chi connectivity index (χ4v) is 3.66. The molecule has 1 fully saturated rings. The van der Waals surface area contributed by atoms with Crippen molar-refractivity contribution in [3.8, 4) is 0 Å². The minimum Gasteiger partial charge on any atom is -0.392 e. The first-order valence-electron chi connectivity index (χ1n) is 9.68. The molecule has 1 aliphatic heterocycles. The Bertz CT molecular complexity index is 708. The Morgan fingerprint density at radius 3 is 2.77 bits per heavy atom. The highest BCUT2D eigenvalue weighted by Gasteiger charge is 2.27. The number of imidazole rings is 1. The SMILES string of the molecule is CCCCn1ccnc1[C@H]1CCCN(C(=O)Cc2ccc(CO)cc2)C1. The molecule has 0 aliphatic carbocycles. The van der Waals surface area contributed by atoms with Crippen molar-refractivity contribution >= 4 is 5.91 Å². The van der Waals surface area contributed by atoms with Gasteiger partial charge in [0.05, 0.1) is 13.0 Å². The van der Waals surface area contributed by atoms with E-state index in [1.54, 1.807) is 0 Å². The molecule has 26 heavy (non-hydrogen) atoms. The lowest BCUT2D eigenvalue weighted by Crippen LogP contribution is -2.40. The van der Waals surface area contributed by atoms with Gasteiger partial charge in [-0.25, -0.2) is 4.98 Å². The zero-order valence-electron chi connectivity index (χ0n) is 15.6. The van der Waals surface area contributed by atoms with Crippen molar-refractivity contribution in [3.63, 3.8) is 0 Å². The number of carbonyl (C=O) groups is 1. The Balaban J connectivity index is 1.62. The molecule has 1 aromatic carbocycles. The van der Waals surface area contributed by atoms with Crippen LogP contribution in [0, 0.1) is 0 Å². The van der Waals surface area contributed by atoms with Gasteiger partial charge in [0.15, 0.2) is 0 Å². The fourth-order valence-electron chi connectivity index (χ4n) is 3.66. The molecule has 3 rings (SSSR count). The summed E-state index contributed by atoms with van der Waals surface area (Å²) in [6.45, 7) is 4.83. The van der Waals surface area contributed by atoms with E-state index in [1.807, 2.05) is 35.4 Å². The zero-order chi connectivity index (χ0) is 18.4. The van der Waals surface area contributed by atoms with Gasteiger partial charge in [0.2, 0.25) is 5.91 Å². The van der Waals surface area contributed by atoms with Gasteiger partial charge in [-0.2, -0.15) is 0 Å². The lowest BCUT2D eigenvalue weighted by atomic mass is 9.96. The number of benzene rings is 1. The minimum atomic E-state index is 0.0344. The van der Waals surface area contributed by atoms with Crippen molar-refractivity contribution < 1.29 is 9.90 Å². The number of aromatic nitrogens is 2. The first-order chi connectivity index (χ1) is 12.7. The molecule has 1 atom stereocenters. The number of aliphatic hydroxyl groups excluding tert-OH is 1. The Morgan fingerprint density at radius 2 is 2.04 bits per heavy atom. The number of aliphatic hydroxyl groups is 1. The van der Waals surface area contributed by atoms with Crippen molar-refractivity contribution in [3.05, 3.63) is 53.6 Å². The Morgan fingerprint density at radius 1 is 1.27 bits per heavy atom. The molecule has 5 nitrogen and oxygen atoms in total. The molecular weight excluding hydrogens is 326 g/mol. The van der Waals surface area contributed by atoms with Crippen LogP contribution in [0.25, 0.3) is 0 Å². The predicted molar refractivity (Wildman–Crippen MR) is 102 cm³/mol. The predicted octanol–water partition coefficient (Wildman–Crippen LogP) is 3.12. The van der Waals surface area contributed by atoms with Gasteiger partial charge in [0, 0.05) is 37.9 Å². The van der Waals surface area contributed by atoms with E-state index in [9.17, 15) is 4.79 Å². The van der Waals surface area contributed by atoms with Gasteiger partial charge < -0.3 is 14.6 Å². The van der Waals surface area contributed by atoms with Crippen molar-refractivity contribution in [1.82, 2.24) is 14.5 Å². The van der Waals surface area contributed by atoms with Crippen LogP contribution in [0.15, 0.2) is 36.7 Å². The first-order valence-corrected chi connectivity index (χ1v) is 9.68. The van der Waals surface area contributed by atoms with Crippen molar-refractivity contribution in [1.29, 1.82) is 0 Å². The van der Waals surface area contributed by atoms with Crippen molar-refractivity contribution in [2.75, 3.05) is 13.1 Å². The molecule has 2 heterocycles. The average molecular weight is 355 g/mol. The minimum absolute atomic E-state index is 0.0344. The van der Waals surface area contributed by atoms with Crippen LogP contribution in [0.1, 0.15) is 55.5 Å². The highest BCUT2D eigenvalue weighted by atomic mass is 16.3. The monoisotopic (exact) mass is 355 g/mol. The Kier molecular flexibility index (Phi) is 6.45. The van der Waals surface area contributed by atoms with E-state index < -0.39 is 0 Å². The van der Waals surface area contributed by atoms with Crippen LogP contribution >= 0.6 is 0 Å². The summed E-state index contributed by atoms with van der Waals surface area (Å²) in [4.78, 5) is 19.3. The first kappa shape index (κ1) is 18.6. The van der Waals surface area contributed by atoms with Crippen molar-refractivity contribution in [2.45, 2.75) is 58.1 Å². The standard InChI is InChI=1S/C21H29N3O2/c1-2-3-11-23-13-10-22-21(23)19-5-4-12-24(15-19)20(26)14-17-6-8-18(16-25)9-7-17/h6-10,13,19,25H,2-5,11-12,14-16H2,1H3/t19-/m0/s1. The molecule has 2 aromatic rings. The summed E-state index contributed by atoms with van der Waals surface area (Å²) in [5.74, 6) is 1.64. The Labute approximate surface area is 155 Å². The van der Waals surface area contributed by atoms with Gasteiger partial charge >= 0.3 is 0 Å². The summed E-state index contributed by atoms with van der Waals surface area (Å²) in [5.41, 5.74) is 1.87. The molecule has 0 saturated carbocycles. The van der Waals surface area contributed by atoms with Gasteiger partial charge in [0.1, 0.15) is 5.82 Å². The number of aryl methyl sites for hydroxylation is 1. The summed E-state index contributed by atoms with van der Waals surface area (Å²) in [5, 5.41) is 9.13. The fraction of sp³-hybridized carbons (Fsp3) is 0.524. The summed E-state index contributed by atoms with van der Waals surface area (Å²) >= 11 is 0. The summed E-state index contributed by atoms with van der Waals surface area (Å²) < 4.78 is 2.26. The second-order valence-electron chi connectivity index (χ2n) is 7.16. The second kappa shape index (κ2) is 8.99. The van der Waals surface area contributed by atoms with E-state index in [2.05, 4.69) is 22.7 Å². The lowest BCUT2D eigenvalue weighted by Gasteiger charge is -2.33. The maximum atomic E-state index is 12.7. The van der Waals surface area contributed by atoms with E-state index in [0.29, 0.717) is 12.3 Å². The largest absolute Gasteiger partial charge is 0.392 e. The number of rotatable bonds is 7. The molecule has 0 radical (unpaired) electrons. The molecular formula is C21H29N3O2. The van der Waals surface area contributed by atoms with Gasteiger partial charge in [-0.15, -0.1) is 0 Å². The van der Waals surface area contributed by atoms with Crippen LogP contribution in [0.5, 0.6) is 0 Å². The second-order valence-corrected chi connectivity index (χ2v) is 7.16. The number of hydrogen-bond donors (Lipinski definition) is 1. The molecule has 0 unspecified atom stereocenters. The lowest BCUT2D eigenvalue weighted by molar-refractivity contribution is -0.131. The quantitative estimate of drug-likeness (QED) is 0.830. The molecule has 1 saturated heterocycles. The van der Waals surface area contributed by atoms with Crippen LogP contribution in [0.2, 0.25) is 0 Å². The average Bonchev–Trinajstić information content (AvgIpc) is 3.15. The number of amides is 1. The van der Waals surface area contributed by atoms with Crippen LogP contribution in [-0.4, -0.2) is 38.6 Å². The number of hydrogen-bond acceptors (Lipinski definition) is 3. The number of unbranched alkanes of at least 4 members (excludes halogenated alkanes) is 1. The van der Waals surface area contributed by atoms with E-state index in [-0.39, 0.29) is 12.5 Å². The normalized spacial score (nSPS) is 17.5. The Hall–Kier alpha value is -2.14. The third kappa shape index (κ3) is 4.52. The highest BCUT2D eigenvalue weighted by Crippen LogP contribution is 2.26. The molecule has 0 bridgehead atoms. The highest BCUT2D eigenvalue weighted by molar-refractivity contribution is 5.79. The summed E-state index contributed by atoms with van der Waals surface area (Å²) in [7, 11) is 0. The molecule has 5 heteroatoms. The molecule has 0 spiro atoms. The molecule has 1 amide bonds.